The number of thiol groups is 1. The Morgan fingerprint density at radius 2 is 2.00 bits per heavy atom. The molecule has 0 N–H and O–H groups in total. The highest BCUT2D eigenvalue weighted by atomic mass is 32.2. The third-order valence-corrected chi connectivity index (χ3v) is 4.66. The third kappa shape index (κ3) is 8.78. The summed E-state index contributed by atoms with van der Waals surface area (Å²) >= 11 is 6.00. The zero-order valence-electron chi connectivity index (χ0n) is 11.4. The summed E-state index contributed by atoms with van der Waals surface area (Å²) in [6.07, 6.45) is 6.89. The van der Waals surface area contributed by atoms with Crippen LogP contribution in [0.2, 0.25) is 0 Å². The molecule has 0 heterocycles. The van der Waals surface area contributed by atoms with Crippen molar-refractivity contribution < 1.29 is 4.79 Å². The second-order valence-electron chi connectivity index (χ2n) is 4.60. The molecule has 0 aliphatic carbocycles. The number of carbonyl (C=O) groups excluding carboxylic acids is 1. The Morgan fingerprint density at radius 3 is 2.47 bits per heavy atom. The molecule has 17 heavy (non-hydrogen) atoms. The predicted molar refractivity (Wildman–Crippen MR) is 83.0 cm³/mol. The quantitative estimate of drug-likeness (QED) is 0.367. The smallest absolute Gasteiger partial charge is 0.214 e. The van der Waals surface area contributed by atoms with Crippen LogP contribution in [0.4, 0.5) is 0 Å². The van der Waals surface area contributed by atoms with Crippen molar-refractivity contribution in [1.82, 2.24) is 0 Å². The van der Waals surface area contributed by atoms with Gasteiger partial charge in [-0.05, 0) is 31.8 Å². The molecule has 3 heteroatoms. The van der Waals surface area contributed by atoms with Crippen LogP contribution < -0.4 is 0 Å². The van der Waals surface area contributed by atoms with Crippen LogP contribution in [-0.4, -0.2) is 15.6 Å². The van der Waals surface area contributed by atoms with Crippen LogP contribution in [0, 0.1) is 0 Å². The molecule has 1 nitrogen and oxygen atoms in total. The van der Waals surface area contributed by atoms with E-state index in [0.717, 1.165) is 19.3 Å². The van der Waals surface area contributed by atoms with Crippen molar-refractivity contribution in [2.24, 2.45) is 0 Å². The highest BCUT2D eigenvalue weighted by Gasteiger charge is 2.17. The molecule has 0 aromatic rings. The summed E-state index contributed by atoms with van der Waals surface area (Å²) in [7, 11) is 0. The van der Waals surface area contributed by atoms with Crippen molar-refractivity contribution in [2.75, 3.05) is 0 Å². The van der Waals surface area contributed by atoms with Gasteiger partial charge >= 0.3 is 0 Å². The van der Waals surface area contributed by atoms with Gasteiger partial charge in [-0.1, -0.05) is 51.5 Å². The Balaban J connectivity index is 4.18. The number of hydrogen-bond acceptors (Lipinski definition) is 3. The van der Waals surface area contributed by atoms with Gasteiger partial charge in [-0.25, -0.2) is 0 Å². The maximum absolute atomic E-state index is 11.7. The Bertz CT molecular complexity index is 238. The van der Waals surface area contributed by atoms with Crippen molar-refractivity contribution in [1.29, 1.82) is 0 Å². The molecule has 0 radical (unpaired) electrons. The lowest BCUT2D eigenvalue weighted by atomic mass is 10.1. The van der Waals surface area contributed by atoms with E-state index in [1.54, 1.807) is 6.92 Å². The molecule has 2 unspecified atom stereocenters. The fraction of sp³-hybridized carbons (Fsp3) is 0.786. The number of unbranched alkanes of at least 4 members (excludes halogenated alkanes) is 2. The molecule has 0 aromatic carbocycles. The zero-order chi connectivity index (χ0) is 13.3. The fourth-order valence-electron chi connectivity index (χ4n) is 1.57. The van der Waals surface area contributed by atoms with Crippen LogP contribution >= 0.6 is 24.4 Å². The van der Waals surface area contributed by atoms with Gasteiger partial charge in [-0.3, -0.25) is 4.79 Å². The monoisotopic (exact) mass is 274 g/mol. The summed E-state index contributed by atoms with van der Waals surface area (Å²) in [5.74, 6) is 0. The summed E-state index contributed by atoms with van der Waals surface area (Å²) in [6.45, 7) is 9.85. The van der Waals surface area contributed by atoms with Gasteiger partial charge < -0.3 is 0 Å². The van der Waals surface area contributed by atoms with E-state index in [2.05, 4.69) is 33.1 Å². The molecule has 0 fully saturated rings. The van der Waals surface area contributed by atoms with E-state index >= 15 is 0 Å². The van der Waals surface area contributed by atoms with Crippen LogP contribution in [0.25, 0.3) is 0 Å². The molecule has 0 rings (SSSR count). The van der Waals surface area contributed by atoms with E-state index in [1.165, 1.54) is 31.0 Å². The normalized spacial score (nSPS) is 14.4. The number of hydrogen-bond donors (Lipinski definition) is 1. The average molecular weight is 274 g/mol. The predicted octanol–water partition coefficient (Wildman–Crippen LogP) is 4.87. The lowest BCUT2D eigenvalue weighted by Gasteiger charge is -2.18. The topological polar surface area (TPSA) is 17.1 Å². The molecule has 2 atom stereocenters. The molecule has 0 saturated heterocycles. The Hall–Kier alpha value is 0.110. The fourth-order valence-corrected chi connectivity index (χ4v) is 3.08. The Kier molecular flexibility index (Phi) is 10.1. The first-order chi connectivity index (χ1) is 8.01. The van der Waals surface area contributed by atoms with Gasteiger partial charge in [0, 0.05) is 10.5 Å². The largest absolute Gasteiger partial charge is 0.282 e. The van der Waals surface area contributed by atoms with E-state index < -0.39 is 0 Å². The van der Waals surface area contributed by atoms with Crippen molar-refractivity contribution in [2.45, 2.75) is 69.8 Å². The van der Waals surface area contributed by atoms with Gasteiger partial charge in [0.05, 0.1) is 0 Å². The average Bonchev–Trinajstić information content (AvgIpc) is 2.28. The molecule has 0 saturated carbocycles. The SMILES string of the molecule is C=C(C)C(=O)SC(CCCCC)CC(S)CC. The molecular weight excluding hydrogens is 248 g/mol. The molecule has 0 aromatic heterocycles. The molecule has 0 amide bonds. The summed E-state index contributed by atoms with van der Waals surface area (Å²) in [5, 5.41) is 0.961. The highest BCUT2D eigenvalue weighted by Crippen LogP contribution is 2.27. The van der Waals surface area contributed by atoms with Gasteiger partial charge in [-0.15, -0.1) is 0 Å². The molecular formula is C14H26OS2. The molecule has 0 bridgehead atoms. The van der Waals surface area contributed by atoms with Crippen molar-refractivity contribution >= 4 is 29.5 Å². The summed E-state index contributed by atoms with van der Waals surface area (Å²) < 4.78 is 0. The lowest BCUT2D eigenvalue weighted by molar-refractivity contribution is -0.107. The van der Waals surface area contributed by atoms with E-state index in [1.807, 2.05) is 0 Å². The van der Waals surface area contributed by atoms with Crippen molar-refractivity contribution in [3.8, 4) is 0 Å². The second-order valence-corrected chi connectivity index (χ2v) is 6.60. The minimum Gasteiger partial charge on any atom is -0.282 e. The lowest BCUT2D eigenvalue weighted by Crippen LogP contribution is -2.13. The van der Waals surface area contributed by atoms with Crippen molar-refractivity contribution in [3.63, 3.8) is 0 Å². The number of carbonyl (C=O) groups is 1. The highest BCUT2D eigenvalue weighted by molar-refractivity contribution is 8.14. The number of thioether (sulfide) groups is 1. The van der Waals surface area contributed by atoms with Crippen LogP contribution in [0.1, 0.15) is 59.3 Å². The second kappa shape index (κ2) is 10.1. The third-order valence-electron chi connectivity index (χ3n) is 2.76. The van der Waals surface area contributed by atoms with Gasteiger partial charge in [0.2, 0.25) is 5.12 Å². The van der Waals surface area contributed by atoms with Crippen LogP contribution in [0.15, 0.2) is 12.2 Å². The van der Waals surface area contributed by atoms with Gasteiger partial charge in [0.15, 0.2) is 0 Å². The van der Waals surface area contributed by atoms with E-state index in [0.29, 0.717) is 16.1 Å². The summed E-state index contributed by atoms with van der Waals surface area (Å²) in [4.78, 5) is 11.7. The maximum Gasteiger partial charge on any atom is 0.214 e. The van der Waals surface area contributed by atoms with Gasteiger partial charge in [0.25, 0.3) is 0 Å². The Morgan fingerprint density at radius 1 is 1.35 bits per heavy atom. The molecule has 0 aliphatic heterocycles. The maximum atomic E-state index is 11.7. The standard InChI is InChI=1S/C14H26OS2/c1-5-7-8-9-13(10-12(16)6-2)17-14(15)11(3)4/h12-13,16H,3,5-10H2,1-2,4H3. The minimum absolute atomic E-state index is 0.142. The molecule has 0 spiro atoms. The first-order valence-electron chi connectivity index (χ1n) is 6.55. The van der Waals surface area contributed by atoms with Crippen LogP contribution in [0.3, 0.4) is 0 Å². The van der Waals surface area contributed by atoms with Gasteiger partial charge in [0.1, 0.15) is 0 Å². The van der Waals surface area contributed by atoms with Gasteiger partial charge in [-0.2, -0.15) is 12.6 Å². The minimum atomic E-state index is 0.142. The first-order valence-corrected chi connectivity index (χ1v) is 7.95. The van der Waals surface area contributed by atoms with Crippen molar-refractivity contribution in [3.05, 3.63) is 12.2 Å². The Labute approximate surface area is 116 Å². The molecule has 0 aliphatic rings. The van der Waals surface area contributed by atoms with E-state index in [-0.39, 0.29) is 5.12 Å². The van der Waals surface area contributed by atoms with Crippen LogP contribution in [-0.2, 0) is 4.79 Å². The van der Waals surface area contributed by atoms with E-state index in [4.69, 9.17) is 0 Å². The summed E-state index contributed by atoms with van der Waals surface area (Å²) in [6, 6.07) is 0. The van der Waals surface area contributed by atoms with E-state index in [9.17, 15) is 4.79 Å². The zero-order valence-corrected chi connectivity index (χ0v) is 13.1. The number of rotatable bonds is 9. The van der Waals surface area contributed by atoms with Crippen LogP contribution in [0.5, 0.6) is 0 Å². The first kappa shape index (κ1) is 17.1. The molecule has 100 valence electrons. The summed E-state index contributed by atoms with van der Waals surface area (Å²) in [5.41, 5.74) is 0.655.